The van der Waals surface area contributed by atoms with Crippen LogP contribution < -0.4 is 10.5 Å². The van der Waals surface area contributed by atoms with Crippen LogP contribution in [0.3, 0.4) is 0 Å². The highest BCUT2D eigenvalue weighted by atomic mass is 79.9. The first-order valence-corrected chi connectivity index (χ1v) is 6.63. The summed E-state index contributed by atoms with van der Waals surface area (Å²) >= 11 is 3.14. The highest BCUT2D eigenvalue weighted by Gasteiger charge is 2.33. The van der Waals surface area contributed by atoms with Crippen LogP contribution in [-0.4, -0.2) is 0 Å². The molecule has 0 saturated carbocycles. The summed E-state index contributed by atoms with van der Waals surface area (Å²) in [6.45, 7) is -0.250. The maximum atomic E-state index is 13.5. The lowest BCUT2D eigenvalue weighted by molar-refractivity contribution is -0.138. The molecule has 0 bridgehead atoms. The third-order valence-electron chi connectivity index (χ3n) is 2.73. The Morgan fingerprint density at radius 2 is 1.81 bits per heavy atom. The Balaban J connectivity index is 2.39. The Kier molecular flexibility index (Phi) is 4.53. The van der Waals surface area contributed by atoms with E-state index in [-0.39, 0.29) is 23.6 Å². The lowest BCUT2D eigenvalue weighted by Crippen LogP contribution is -2.12. The third-order valence-corrected chi connectivity index (χ3v) is 3.22. The highest BCUT2D eigenvalue weighted by Crippen LogP contribution is 2.36. The van der Waals surface area contributed by atoms with Gasteiger partial charge in [0.25, 0.3) is 0 Å². The summed E-state index contributed by atoms with van der Waals surface area (Å²) in [5.74, 6) is -0.954. The molecule has 0 aliphatic rings. The van der Waals surface area contributed by atoms with Crippen molar-refractivity contribution >= 4 is 15.9 Å². The molecule has 0 unspecified atom stereocenters. The smallest absolute Gasteiger partial charge is 0.416 e. The molecule has 7 heteroatoms. The van der Waals surface area contributed by atoms with Gasteiger partial charge in [0, 0.05) is 11.0 Å². The Bertz CT molecular complexity index is 658. The van der Waals surface area contributed by atoms with Crippen LogP contribution >= 0.6 is 15.9 Å². The van der Waals surface area contributed by atoms with Gasteiger partial charge in [0.2, 0.25) is 0 Å². The minimum atomic E-state index is -4.55. The molecule has 2 nitrogen and oxygen atoms in total. The van der Waals surface area contributed by atoms with E-state index in [0.717, 1.165) is 12.1 Å². The molecule has 0 aliphatic heterocycles. The van der Waals surface area contributed by atoms with Crippen molar-refractivity contribution in [2.75, 3.05) is 0 Å². The van der Waals surface area contributed by atoms with E-state index in [2.05, 4.69) is 15.9 Å². The molecule has 0 spiro atoms. The number of halogens is 5. The first kappa shape index (κ1) is 15.8. The van der Waals surface area contributed by atoms with Gasteiger partial charge in [-0.3, -0.25) is 0 Å². The number of hydrogen-bond donors (Lipinski definition) is 1. The Hall–Kier alpha value is -1.60. The van der Waals surface area contributed by atoms with Crippen molar-refractivity contribution in [3.63, 3.8) is 0 Å². The standard InChI is InChI=1S/C14H10BrF4NO/c15-9-2-4-12(16)13(5-9)21-10-3-1-8(7-20)11(6-10)14(17,18)19/h1-6H,7,20H2. The molecular formula is C14H10BrF4NO. The van der Waals surface area contributed by atoms with Crippen molar-refractivity contribution in [2.45, 2.75) is 12.7 Å². The van der Waals surface area contributed by atoms with Gasteiger partial charge < -0.3 is 10.5 Å². The van der Waals surface area contributed by atoms with Crippen LogP contribution in [0.1, 0.15) is 11.1 Å². The largest absolute Gasteiger partial charge is 0.454 e. The van der Waals surface area contributed by atoms with Gasteiger partial charge in [-0.2, -0.15) is 13.2 Å². The quantitative estimate of drug-likeness (QED) is 0.790. The molecule has 0 amide bonds. The highest BCUT2D eigenvalue weighted by molar-refractivity contribution is 9.10. The zero-order chi connectivity index (χ0) is 15.6. The van der Waals surface area contributed by atoms with Gasteiger partial charge in [-0.05, 0) is 35.9 Å². The van der Waals surface area contributed by atoms with Crippen molar-refractivity contribution < 1.29 is 22.3 Å². The molecule has 0 aromatic heterocycles. The predicted molar refractivity (Wildman–Crippen MR) is 73.5 cm³/mol. The fraction of sp³-hybridized carbons (Fsp3) is 0.143. The number of alkyl halides is 3. The van der Waals surface area contributed by atoms with E-state index in [1.165, 1.54) is 24.3 Å². The summed E-state index contributed by atoms with van der Waals surface area (Å²) in [7, 11) is 0. The van der Waals surface area contributed by atoms with Gasteiger partial charge in [-0.15, -0.1) is 0 Å². The molecule has 0 atom stereocenters. The molecule has 112 valence electrons. The summed E-state index contributed by atoms with van der Waals surface area (Å²) in [6, 6.07) is 7.28. The van der Waals surface area contributed by atoms with Crippen molar-refractivity contribution in [3.05, 3.63) is 57.8 Å². The van der Waals surface area contributed by atoms with E-state index >= 15 is 0 Å². The van der Waals surface area contributed by atoms with Crippen LogP contribution in [0.5, 0.6) is 11.5 Å². The summed E-state index contributed by atoms with van der Waals surface area (Å²) in [4.78, 5) is 0. The van der Waals surface area contributed by atoms with Crippen molar-refractivity contribution in [1.82, 2.24) is 0 Å². The van der Waals surface area contributed by atoms with E-state index in [0.29, 0.717) is 4.47 Å². The molecule has 21 heavy (non-hydrogen) atoms. The molecule has 2 aromatic rings. The van der Waals surface area contributed by atoms with Gasteiger partial charge in [0.05, 0.1) is 5.56 Å². The van der Waals surface area contributed by atoms with Crippen LogP contribution in [0.4, 0.5) is 17.6 Å². The monoisotopic (exact) mass is 363 g/mol. The van der Waals surface area contributed by atoms with Gasteiger partial charge in [0.15, 0.2) is 11.6 Å². The van der Waals surface area contributed by atoms with E-state index in [1.807, 2.05) is 0 Å². The lowest BCUT2D eigenvalue weighted by atomic mass is 10.1. The summed E-state index contributed by atoms with van der Waals surface area (Å²) in [5, 5.41) is 0. The topological polar surface area (TPSA) is 35.2 Å². The van der Waals surface area contributed by atoms with Crippen molar-refractivity contribution in [3.8, 4) is 11.5 Å². The SMILES string of the molecule is NCc1ccc(Oc2cc(Br)ccc2F)cc1C(F)(F)F. The van der Waals surface area contributed by atoms with Gasteiger partial charge >= 0.3 is 6.18 Å². The average molecular weight is 364 g/mol. The Morgan fingerprint density at radius 1 is 1.10 bits per heavy atom. The molecule has 0 radical (unpaired) electrons. The van der Waals surface area contributed by atoms with Gasteiger partial charge in [-0.1, -0.05) is 22.0 Å². The Morgan fingerprint density at radius 3 is 2.43 bits per heavy atom. The first-order valence-electron chi connectivity index (χ1n) is 5.84. The van der Waals surface area contributed by atoms with Crippen LogP contribution in [0, 0.1) is 5.82 Å². The second kappa shape index (κ2) is 6.03. The average Bonchev–Trinajstić information content (AvgIpc) is 2.42. The fourth-order valence-electron chi connectivity index (χ4n) is 1.74. The van der Waals surface area contributed by atoms with E-state index in [9.17, 15) is 17.6 Å². The molecule has 2 rings (SSSR count). The van der Waals surface area contributed by atoms with E-state index in [1.54, 1.807) is 0 Å². The number of rotatable bonds is 3. The molecule has 0 fully saturated rings. The maximum absolute atomic E-state index is 13.5. The summed E-state index contributed by atoms with van der Waals surface area (Å²) < 4.78 is 58.0. The van der Waals surface area contributed by atoms with E-state index < -0.39 is 17.6 Å². The first-order chi connectivity index (χ1) is 9.81. The molecule has 0 aliphatic carbocycles. The minimum Gasteiger partial charge on any atom is -0.454 e. The van der Waals surface area contributed by atoms with Crippen molar-refractivity contribution in [1.29, 1.82) is 0 Å². The Labute approximate surface area is 126 Å². The molecule has 2 N–H and O–H groups in total. The normalized spacial score (nSPS) is 11.5. The third kappa shape index (κ3) is 3.74. The summed E-state index contributed by atoms with van der Waals surface area (Å²) in [6.07, 6.45) is -4.55. The van der Waals surface area contributed by atoms with Crippen LogP contribution in [0.15, 0.2) is 40.9 Å². The molecule has 2 aromatic carbocycles. The maximum Gasteiger partial charge on any atom is 0.416 e. The number of nitrogens with two attached hydrogens (primary N) is 1. The number of benzene rings is 2. The fourth-order valence-corrected chi connectivity index (χ4v) is 2.08. The van der Waals surface area contributed by atoms with Crippen molar-refractivity contribution in [2.24, 2.45) is 5.73 Å². The van der Waals surface area contributed by atoms with Gasteiger partial charge in [-0.25, -0.2) is 4.39 Å². The zero-order valence-corrected chi connectivity index (χ0v) is 12.1. The predicted octanol–water partition coefficient (Wildman–Crippen LogP) is 4.86. The van der Waals surface area contributed by atoms with Crippen LogP contribution in [-0.2, 0) is 12.7 Å². The molecule has 0 heterocycles. The van der Waals surface area contributed by atoms with E-state index in [4.69, 9.17) is 10.5 Å². The second-order valence-corrected chi connectivity index (χ2v) is 5.11. The van der Waals surface area contributed by atoms with Gasteiger partial charge in [0.1, 0.15) is 5.75 Å². The molecular weight excluding hydrogens is 354 g/mol. The zero-order valence-electron chi connectivity index (χ0n) is 10.5. The number of ether oxygens (including phenoxy) is 1. The second-order valence-electron chi connectivity index (χ2n) is 4.20. The lowest BCUT2D eigenvalue weighted by Gasteiger charge is -2.14. The minimum absolute atomic E-state index is 0.0513. The number of hydrogen-bond acceptors (Lipinski definition) is 2. The van der Waals surface area contributed by atoms with Crippen LogP contribution in [0.25, 0.3) is 0 Å². The van der Waals surface area contributed by atoms with Crippen LogP contribution in [0.2, 0.25) is 0 Å². The molecule has 0 saturated heterocycles. The summed E-state index contributed by atoms with van der Waals surface area (Å²) in [5.41, 5.74) is 4.34.